The highest BCUT2D eigenvalue weighted by Crippen LogP contribution is 2.16. The standard InChI is InChI=1S/C41H78N2O8S/c1-3-5-7-9-11-13-15-17-19-21-23-25-27-29-38(45)50-32-35(33-52-34-36(42)40(47)43-37(31-44)41(48)49)51-39(46)30-28-26-24-22-20-18-16-14-12-10-8-6-4-2/h35-37,44H,3-34,42H2,1-2H3,(H,43,47)(H,48,49)/t35-,36?,37+/m1/s1. The number of carboxylic acids is 1. The van der Waals surface area contributed by atoms with Gasteiger partial charge in [-0.2, -0.15) is 11.8 Å². The minimum Gasteiger partial charge on any atom is -0.480 e. The van der Waals surface area contributed by atoms with Crippen LogP contribution in [0.3, 0.4) is 0 Å². The molecule has 1 amide bonds. The van der Waals surface area contributed by atoms with Crippen LogP contribution < -0.4 is 11.1 Å². The average molecular weight is 759 g/mol. The molecule has 0 fully saturated rings. The van der Waals surface area contributed by atoms with Gasteiger partial charge in [0.05, 0.1) is 12.6 Å². The van der Waals surface area contributed by atoms with Crippen molar-refractivity contribution in [2.24, 2.45) is 5.73 Å². The molecule has 306 valence electrons. The van der Waals surface area contributed by atoms with Gasteiger partial charge in [-0.05, 0) is 12.8 Å². The summed E-state index contributed by atoms with van der Waals surface area (Å²) in [7, 11) is 0. The number of rotatable bonds is 39. The molecular weight excluding hydrogens is 681 g/mol. The summed E-state index contributed by atoms with van der Waals surface area (Å²) in [6, 6.07) is -2.46. The summed E-state index contributed by atoms with van der Waals surface area (Å²) in [5.41, 5.74) is 5.93. The fraction of sp³-hybridized carbons (Fsp3) is 0.902. The number of thioether (sulfide) groups is 1. The van der Waals surface area contributed by atoms with E-state index in [4.69, 9.17) is 25.4 Å². The molecule has 0 aromatic rings. The lowest BCUT2D eigenvalue weighted by Gasteiger charge is -2.19. The summed E-state index contributed by atoms with van der Waals surface area (Å²) in [5, 5.41) is 20.4. The summed E-state index contributed by atoms with van der Waals surface area (Å²) < 4.78 is 11.2. The molecule has 0 spiro atoms. The summed E-state index contributed by atoms with van der Waals surface area (Å²) in [6.45, 7) is 3.68. The van der Waals surface area contributed by atoms with E-state index in [-0.39, 0.29) is 30.1 Å². The summed E-state index contributed by atoms with van der Waals surface area (Å²) >= 11 is 1.26. The van der Waals surface area contributed by atoms with Gasteiger partial charge < -0.3 is 30.7 Å². The lowest BCUT2D eigenvalue weighted by Crippen LogP contribution is -2.50. The van der Waals surface area contributed by atoms with E-state index in [1.165, 1.54) is 140 Å². The van der Waals surface area contributed by atoms with E-state index < -0.39 is 36.7 Å². The molecule has 0 aromatic carbocycles. The third-order valence-electron chi connectivity index (χ3n) is 9.43. The van der Waals surface area contributed by atoms with Crippen molar-refractivity contribution in [1.29, 1.82) is 0 Å². The molecule has 10 nitrogen and oxygen atoms in total. The number of carboxylic acid groups (broad SMARTS) is 1. The number of aliphatic hydroxyl groups excluding tert-OH is 1. The molecule has 1 unspecified atom stereocenters. The minimum atomic E-state index is -1.43. The molecule has 0 heterocycles. The van der Waals surface area contributed by atoms with Gasteiger partial charge in [0.15, 0.2) is 0 Å². The molecule has 0 aliphatic heterocycles. The molecule has 0 radical (unpaired) electrons. The minimum absolute atomic E-state index is 0.0678. The van der Waals surface area contributed by atoms with Crippen molar-refractivity contribution in [2.75, 3.05) is 24.7 Å². The Labute approximate surface area is 321 Å². The molecule has 0 aliphatic carbocycles. The van der Waals surface area contributed by atoms with Crippen LogP contribution >= 0.6 is 11.8 Å². The van der Waals surface area contributed by atoms with Crippen molar-refractivity contribution in [3.8, 4) is 0 Å². The van der Waals surface area contributed by atoms with E-state index in [0.717, 1.165) is 38.5 Å². The Morgan fingerprint density at radius 3 is 1.37 bits per heavy atom. The van der Waals surface area contributed by atoms with Gasteiger partial charge >= 0.3 is 17.9 Å². The Kier molecular flexibility index (Phi) is 36.1. The van der Waals surface area contributed by atoms with E-state index in [1.54, 1.807) is 0 Å². The smallest absolute Gasteiger partial charge is 0.328 e. The van der Waals surface area contributed by atoms with Gasteiger partial charge in [0.1, 0.15) is 18.8 Å². The first-order chi connectivity index (χ1) is 25.2. The Bertz CT molecular complexity index is 878. The normalized spacial score (nSPS) is 13.0. The van der Waals surface area contributed by atoms with Gasteiger partial charge in [-0.25, -0.2) is 4.79 Å². The van der Waals surface area contributed by atoms with Crippen LogP contribution in [0.2, 0.25) is 0 Å². The van der Waals surface area contributed by atoms with Crippen LogP contribution in [0, 0.1) is 0 Å². The largest absolute Gasteiger partial charge is 0.480 e. The van der Waals surface area contributed by atoms with Gasteiger partial charge in [-0.15, -0.1) is 0 Å². The molecule has 52 heavy (non-hydrogen) atoms. The van der Waals surface area contributed by atoms with E-state index in [1.807, 2.05) is 0 Å². The predicted molar refractivity (Wildman–Crippen MR) is 213 cm³/mol. The molecular formula is C41H78N2O8S. The maximum absolute atomic E-state index is 12.7. The van der Waals surface area contributed by atoms with Crippen molar-refractivity contribution >= 4 is 35.6 Å². The van der Waals surface area contributed by atoms with E-state index in [0.29, 0.717) is 12.8 Å². The van der Waals surface area contributed by atoms with E-state index in [9.17, 15) is 19.2 Å². The topological polar surface area (TPSA) is 165 Å². The van der Waals surface area contributed by atoms with Gasteiger partial charge in [0.25, 0.3) is 0 Å². The number of aliphatic carboxylic acids is 1. The summed E-state index contributed by atoms with van der Waals surface area (Å²) in [6.07, 6.45) is 31.7. The van der Waals surface area contributed by atoms with Crippen molar-refractivity contribution in [1.82, 2.24) is 5.32 Å². The van der Waals surface area contributed by atoms with Crippen LogP contribution in [0.4, 0.5) is 0 Å². The first-order valence-corrected chi connectivity index (χ1v) is 22.2. The molecule has 11 heteroatoms. The lowest BCUT2D eigenvalue weighted by atomic mass is 10.0. The Morgan fingerprint density at radius 1 is 0.596 bits per heavy atom. The summed E-state index contributed by atoms with van der Waals surface area (Å²) in [5.74, 6) is -2.31. The fourth-order valence-electron chi connectivity index (χ4n) is 6.06. The van der Waals surface area contributed by atoms with Crippen LogP contribution in [-0.4, -0.2) is 76.9 Å². The SMILES string of the molecule is CCCCCCCCCCCCCCCC(=O)OC[C@H](CSCC(N)C(=O)N[C@@H](CO)C(=O)O)OC(=O)CCCCCCCCCCCCCCC. The number of carbonyl (C=O) groups excluding carboxylic acids is 3. The van der Waals surface area contributed by atoms with Crippen molar-refractivity contribution in [3.63, 3.8) is 0 Å². The molecule has 0 rings (SSSR count). The molecule has 0 saturated carbocycles. The van der Waals surface area contributed by atoms with Crippen molar-refractivity contribution in [2.45, 2.75) is 212 Å². The second kappa shape index (κ2) is 37.5. The average Bonchev–Trinajstić information content (AvgIpc) is 3.12. The van der Waals surface area contributed by atoms with Crippen molar-refractivity contribution < 1.29 is 38.9 Å². The quantitative estimate of drug-likeness (QED) is 0.0351. The highest BCUT2D eigenvalue weighted by molar-refractivity contribution is 7.99. The maximum atomic E-state index is 12.7. The van der Waals surface area contributed by atoms with Crippen LogP contribution in [0.25, 0.3) is 0 Å². The van der Waals surface area contributed by atoms with E-state index >= 15 is 0 Å². The molecule has 0 bridgehead atoms. The maximum Gasteiger partial charge on any atom is 0.328 e. The van der Waals surface area contributed by atoms with Crippen LogP contribution in [0.15, 0.2) is 0 Å². The highest BCUT2D eigenvalue weighted by Gasteiger charge is 2.24. The first-order valence-electron chi connectivity index (χ1n) is 21.1. The number of carbonyl (C=O) groups is 4. The fourth-order valence-corrected chi connectivity index (χ4v) is 7.03. The zero-order chi connectivity index (χ0) is 38.5. The van der Waals surface area contributed by atoms with Gasteiger partial charge in [0, 0.05) is 24.3 Å². The van der Waals surface area contributed by atoms with Gasteiger partial charge in [-0.1, -0.05) is 168 Å². The lowest BCUT2D eigenvalue weighted by molar-refractivity contribution is -0.157. The number of unbranched alkanes of at least 4 members (excludes halogenated alkanes) is 24. The van der Waals surface area contributed by atoms with E-state index in [2.05, 4.69) is 19.2 Å². The molecule has 0 aliphatic rings. The zero-order valence-corrected chi connectivity index (χ0v) is 34.0. The number of hydrogen-bond donors (Lipinski definition) is 4. The Hall–Kier alpha value is -1.85. The predicted octanol–water partition coefficient (Wildman–Crippen LogP) is 9.03. The van der Waals surface area contributed by atoms with Crippen molar-refractivity contribution in [3.05, 3.63) is 0 Å². The molecule has 0 aromatic heterocycles. The van der Waals surface area contributed by atoms with Crippen LogP contribution in [-0.2, 0) is 28.7 Å². The van der Waals surface area contributed by atoms with Gasteiger partial charge in [-0.3, -0.25) is 14.4 Å². The molecule has 3 atom stereocenters. The third-order valence-corrected chi connectivity index (χ3v) is 10.6. The second-order valence-electron chi connectivity index (χ2n) is 14.5. The number of ether oxygens (including phenoxy) is 2. The highest BCUT2D eigenvalue weighted by atomic mass is 32.2. The zero-order valence-electron chi connectivity index (χ0n) is 33.2. The monoisotopic (exact) mass is 759 g/mol. The van der Waals surface area contributed by atoms with Crippen LogP contribution in [0.1, 0.15) is 194 Å². The second-order valence-corrected chi connectivity index (χ2v) is 15.6. The Balaban J connectivity index is 4.44. The third kappa shape index (κ3) is 32.8. The van der Waals surface area contributed by atoms with Crippen LogP contribution in [0.5, 0.6) is 0 Å². The van der Waals surface area contributed by atoms with Gasteiger partial charge in [0.2, 0.25) is 5.91 Å². The number of hydrogen-bond acceptors (Lipinski definition) is 9. The molecule has 0 saturated heterocycles. The first kappa shape index (κ1) is 50.1. The number of amides is 1. The Morgan fingerprint density at radius 2 is 0.981 bits per heavy atom. The number of aliphatic hydroxyl groups is 1. The number of nitrogens with two attached hydrogens (primary N) is 1. The number of esters is 2. The summed E-state index contributed by atoms with van der Waals surface area (Å²) in [4.78, 5) is 48.6. The number of nitrogens with one attached hydrogen (secondary N) is 1. The molecule has 5 N–H and O–H groups in total.